The number of hydrogen-bond acceptors (Lipinski definition) is 2. The average Bonchev–Trinajstić information content (AvgIpc) is 2.47. The Hall–Kier alpha value is -1.41. The second kappa shape index (κ2) is 7.25. The topological polar surface area (TPSA) is 24.9 Å². The summed E-state index contributed by atoms with van der Waals surface area (Å²) in [7, 11) is 0. The lowest BCUT2D eigenvalue weighted by Crippen LogP contribution is -2.29. The summed E-state index contributed by atoms with van der Waals surface area (Å²) < 4.78 is 0. The highest BCUT2D eigenvalue weighted by molar-refractivity contribution is 5.78. The van der Waals surface area contributed by atoms with Gasteiger partial charge in [-0.2, -0.15) is 0 Å². The van der Waals surface area contributed by atoms with Crippen molar-refractivity contribution in [3.63, 3.8) is 0 Å². The third kappa shape index (κ3) is 4.03. The van der Waals surface area contributed by atoms with Crippen LogP contribution in [0.4, 0.5) is 0 Å². The standard InChI is InChI=1S/C17H24N2/c1-3-11-18-16(4-2)9-7-14-8-10-17-15(13-14)6-5-12-19-17/h5-6,8,10,12-13,16,18H,3-4,7,9,11H2,1-2H3. The number of aryl methyl sites for hydroxylation is 1. The molecule has 0 amide bonds. The molecule has 0 fully saturated rings. The van der Waals surface area contributed by atoms with Gasteiger partial charge in [0.25, 0.3) is 0 Å². The summed E-state index contributed by atoms with van der Waals surface area (Å²) in [6.45, 7) is 5.60. The van der Waals surface area contributed by atoms with E-state index in [1.54, 1.807) is 0 Å². The van der Waals surface area contributed by atoms with Crippen molar-refractivity contribution >= 4 is 10.9 Å². The predicted octanol–water partition coefficient (Wildman–Crippen LogP) is 3.95. The molecule has 102 valence electrons. The quantitative estimate of drug-likeness (QED) is 0.811. The number of benzene rings is 1. The summed E-state index contributed by atoms with van der Waals surface area (Å²) in [5, 5.41) is 4.86. The average molecular weight is 256 g/mol. The molecule has 1 aromatic heterocycles. The van der Waals surface area contributed by atoms with Gasteiger partial charge in [-0.15, -0.1) is 0 Å². The van der Waals surface area contributed by atoms with E-state index in [1.807, 2.05) is 12.3 Å². The van der Waals surface area contributed by atoms with Gasteiger partial charge in [-0.1, -0.05) is 26.0 Å². The molecule has 2 heteroatoms. The van der Waals surface area contributed by atoms with Crippen LogP contribution in [-0.4, -0.2) is 17.6 Å². The van der Waals surface area contributed by atoms with Crippen LogP contribution < -0.4 is 5.32 Å². The molecule has 1 aromatic carbocycles. The van der Waals surface area contributed by atoms with Crippen molar-refractivity contribution in [2.45, 2.75) is 45.6 Å². The van der Waals surface area contributed by atoms with E-state index in [-0.39, 0.29) is 0 Å². The molecule has 2 aromatic rings. The van der Waals surface area contributed by atoms with Crippen molar-refractivity contribution in [2.24, 2.45) is 0 Å². The van der Waals surface area contributed by atoms with Crippen LogP contribution in [0, 0.1) is 0 Å². The first-order chi connectivity index (χ1) is 9.33. The van der Waals surface area contributed by atoms with Crippen LogP contribution in [-0.2, 0) is 6.42 Å². The summed E-state index contributed by atoms with van der Waals surface area (Å²) in [4.78, 5) is 4.36. The Labute approximate surface area is 116 Å². The minimum atomic E-state index is 0.643. The van der Waals surface area contributed by atoms with Crippen LogP contribution in [0.2, 0.25) is 0 Å². The van der Waals surface area contributed by atoms with Gasteiger partial charge in [0.05, 0.1) is 5.52 Å². The van der Waals surface area contributed by atoms with Gasteiger partial charge in [-0.25, -0.2) is 0 Å². The van der Waals surface area contributed by atoms with E-state index in [4.69, 9.17) is 0 Å². The van der Waals surface area contributed by atoms with Crippen molar-refractivity contribution in [2.75, 3.05) is 6.54 Å². The van der Waals surface area contributed by atoms with E-state index in [0.717, 1.165) is 18.5 Å². The summed E-state index contributed by atoms with van der Waals surface area (Å²) in [6.07, 6.45) is 6.61. The summed E-state index contributed by atoms with van der Waals surface area (Å²) >= 11 is 0. The van der Waals surface area contributed by atoms with Crippen LogP contribution in [0.3, 0.4) is 0 Å². The molecular weight excluding hydrogens is 232 g/mol. The number of nitrogens with zero attached hydrogens (tertiary/aromatic N) is 1. The zero-order valence-corrected chi connectivity index (χ0v) is 12.0. The maximum atomic E-state index is 4.36. The number of aromatic nitrogens is 1. The molecule has 0 radical (unpaired) electrons. The Morgan fingerprint density at radius 3 is 2.89 bits per heavy atom. The van der Waals surface area contributed by atoms with Gasteiger partial charge in [0.15, 0.2) is 0 Å². The van der Waals surface area contributed by atoms with E-state index >= 15 is 0 Å². The van der Waals surface area contributed by atoms with E-state index in [0.29, 0.717) is 6.04 Å². The minimum Gasteiger partial charge on any atom is -0.314 e. The number of fused-ring (bicyclic) bond motifs is 1. The fourth-order valence-electron chi connectivity index (χ4n) is 2.42. The van der Waals surface area contributed by atoms with Crippen molar-refractivity contribution in [1.29, 1.82) is 0 Å². The Kier molecular flexibility index (Phi) is 5.34. The molecule has 1 heterocycles. The summed E-state index contributed by atoms with van der Waals surface area (Å²) in [5.74, 6) is 0. The second-order valence-corrected chi connectivity index (χ2v) is 5.13. The van der Waals surface area contributed by atoms with Gasteiger partial charge in [0.1, 0.15) is 0 Å². The molecule has 1 unspecified atom stereocenters. The van der Waals surface area contributed by atoms with Crippen LogP contribution >= 0.6 is 0 Å². The zero-order valence-electron chi connectivity index (χ0n) is 12.0. The second-order valence-electron chi connectivity index (χ2n) is 5.13. The molecule has 0 aliphatic rings. The molecule has 0 aliphatic heterocycles. The highest BCUT2D eigenvalue weighted by Gasteiger charge is 2.05. The smallest absolute Gasteiger partial charge is 0.0702 e. The van der Waals surface area contributed by atoms with Crippen molar-refractivity contribution in [3.8, 4) is 0 Å². The Morgan fingerprint density at radius 2 is 2.11 bits per heavy atom. The van der Waals surface area contributed by atoms with Gasteiger partial charge in [-0.3, -0.25) is 4.98 Å². The Balaban J connectivity index is 1.96. The lowest BCUT2D eigenvalue weighted by Gasteiger charge is -2.16. The van der Waals surface area contributed by atoms with Gasteiger partial charge in [-0.05, 0) is 56.0 Å². The van der Waals surface area contributed by atoms with E-state index < -0.39 is 0 Å². The minimum absolute atomic E-state index is 0.643. The number of rotatable bonds is 7. The lowest BCUT2D eigenvalue weighted by molar-refractivity contribution is 0.468. The molecular formula is C17H24N2. The number of pyridine rings is 1. The Bertz CT molecular complexity index is 507. The van der Waals surface area contributed by atoms with E-state index in [1.165, 1.54) is 30.2 Å². The Morgan fingerprint density at radius 1 is 1.21 bits per heavy atom. The van der Waals surface area contributed by atoms with Crippen LogP contribution in [0.5, 0.6) is 0 Å². The normalized spacial score (nSPS) is 12.7. The first-order valence-corrected chi connectivity index (χ1v) is 7.40. The van der Waals surface area contributed by atoms with Crippen LogP contribution in [0.25, 0.3) is 10.9 Å². The summed E-state index contributed by atoms with van der Waals surface area (Å²) in [6, 6.07) is 11.4. The zero-order chi connectivity index (χ0) is 13.5. The van der Waals surface area contributed by atoms with Crippen molar-refractivity contribution < 1.29 is 0 Å². The molecule has 0 saturated carbocycles. The lowest BCUT2D eigenvalue weighted by atomic mass is 10.0. The molecule has 1 atom stereocenters. The molecule has 19 heavy (non-hydrogen) atoms. The largest absolute Gasteiger partial charge is 0.314 e. The molecule has 1 N–H and O–H groups in total. The van der Waals surface area contributed by atoms with E-state index in [2.05, 4.69) is 48.4 Å². The van der Waals surface area contributed by atoms with Crippen molar-refractivity contribution in [1.82, 2.24) is 10.3 Å². The first-order valence-electron chi connectivity index (χ1n) is 7.40. The fourth-order valence-corrected chi connectivity index (χ4v) is 2.42. The molecule has 2 nitrogen and oxygen atoms in total. The molecule has 2 rings (SSSR count). The summed E-state index contributed by atoms with van der Waals surface area (Å²) in [5.41, 5.74) is 2.50. The van der Waals surface area contributed by atoms with Gasteiger partial charge in [0, 0.05) is 17.6 Å². The molecule has 0 spiro atoms. The highest BCUT2D eigenvalue weighted by Crippen LogP contribution is 2.15. The fraction of sp³-hybridized carbons (Fsp3) is 0.471. The predicted molar refractivity (Wildman–Crippen MR) is 82.4 cm³/mol. The number of nitrogens with one attached hydrogen (secondary N) is 1. The maximum absolute atomic E-state index is 4.36. The third-order valence-electron chi connectivity index (χ3n) is 3.62. The van der Waals surface area contributed by atoms with Crippen LogP contribution in [0.1, 0.15) is 38.7 Å². The molecule has 0 bridgehead atoms. The maximum Gasteiger partial charge on any atom is 0.0702 e. The molecule has 0 saturated heterocycles. The SMILES string of the molecule is CCCNC(CC)CCc1ccc2ncccc2c1. The highest BCUT2D eigenvalue weighted by atomic mass is 14.9. The van der Waals surface area contributed by atoms with Gasteiger partial charge in [0.2, 0.25) is 0 Å². The van der Waals surface area contributed by atoms with Gasteiger partial charge < -0.3 is 5.32 Å². The third-order valence-corrected chi connectivity index (χ3v) is 3.62. The monoisotopic (exact) mass is 256 g/mol. The van der Waals surface area contributed by atoms with Crippen molar-refractivity contribution in [3.05, 3.63) is 42.1 Å². The van der Waals surface area contributed by atoms with Crippen LogP contribution in [0.15, 0.2) is 36.5 Å². The number of hydrogen-bond donors (Lipinski definition) is 1. The van der Waals surface area contributed by atoms with E-state index in [9.17, 15) is 0 Å². The first kappa shape index (κ1) is 14.0. The van der Waals surface area contributed by atoms with Gasteiger partial charge >= 0.3 is 0 Å². The molecule has 0 aliphatic carbocycles.